The van der Waals surface area contributed by atoms with Gasteiger partial charge in [0, 0.05) is 7.05 Å². The molecule has 0 aromatic heterocycles. The zero-order chi connectivity index (χ0) is 11.2. The van der Waals surface area contributed by atoms with Gasteiger partial charge in [-0.3, -0.25) is 4.79 Å². The molecule has 0 aliphatic rings. The molecule has 0 heterocycles. The van der Waals surface area contributed by atoms with Crippen LogP contribution in [0.25, 0.3) is 0 Å². The third-order valence-corrected chi connectivity index (χ3v) is 1.55. The topological polar surface area (TPSA) is 32.3 Å². The molecule has 0 unspecified atom stereocenters. The molecule has 84 valence electrons. The number of carbonyl (C=O) groups is 1. The first-order valence-corrected chi connectivity index (χ1v) is 4.38. The van der Waals surface area contributed by atoms with E-state index in [1.807, 2.05) is 6.92 Å². The van der Waals surface area contributed by atoms with Gasteiger partial charge in [0.25, 0.3) is 0 Å². The summed E-state index contributed by atoms with van der Waals surface area (Å²) in [4.78, 5) is 11.7. The molecule has 1 N–H and O–H groups in total. The normalized spacial score (nSPS) is 11.5. The van der Waals surface area contributed by atoms with Crippen LogP contribution >= 0.6 is 0 Å². The summed E-state index contributed by atoms with van der Waals surface area (Å²) in [5.74, 6) is -0.546. The fourth-order valence-electron chi connectivity index (χ4n) is 0.864. The Kier molecular flexibility index (Phi) is 5.52. The highest BCUT2D eigenvalue weighted by Gasteiger charge is 2.30. The van der Waals surface area contributed by atoms with Crippen molar-refractivity contribution in [3.05, 3.63) is 0 Å². The largest absolute Gasteiger partial charge is 0.406 e. The molecule has 0 fully saturated rings. The lowest BCUT2D eigenvalue weighted by molar-refractivity contribution is -0.157. The number of nitrogens with zero attached hydrogens (tertiary/aromatic N) is 1. The van der Waals surface area contributed by atoms with E-state index < -0.39 is 18.6 Å². The Bertz CT molecular complexity index is 182. The number of hydrogen-bond donors (Lipinski definition) is 1. The van der Waals surface area contributed by atoms with E-state index in [9.17, 15) is 18.0 Å². The van der Waals surface area contributed by atoms with Gasteiger partial charge in [0.1, 0.15) is 6.54 Å². The summed E-state index contributed by atoms with van der Waals surface area (Å²) in [5.41, 5.74) is 0. The molecule has 0 saturated carbocycles. The van der Waals surface area contributed by atoms with Crippen LogP contribution in [0, 0.1) is 0 Å². The van der Waals surface area contributed by atoms with Crippen molar-refractivity contribution >= 4 is 5.91 Å². The third-order valence-electron chi connectivity index (χ3n) is 1.55. The number of rotatable bonds is 5. The van der Waals surface area contributed by atoms with Crippen LogP contribution in [0.2, 0.25) is 0 Å². The monoisotopic (exact) mass is 212 g/mol. The van der Waals surface area contributed by atoms with Crippen LogP contribution in [0.3, 0.4) is 0 Å². The van der Waals surface area contributed by atoms with Gasteiger partial charge < -0.3 is 10.2 Å². The van der Waals surface area contributed by atoms with Crippen LogP contribution in [0.4, 0.5) is 13.2 Å². The predicted octanol–water partition coefficient (Wildman–Crippen LogP) is 1.01. The number of halogens is 3. The molecule has 0 aliphatic heterocycles. The molecule has 14 heavy (non-hydrogen) atoms. The molecule has 3 nitrogen and oxygen atoms in total. The average Bonchev–Trinajstić information content (AvgIpc) is 2.01. The molecule has 0 aromatic rings. The fourth-order valence-corrected chi connectivity index (χ4v) is 0.864. The second kappa shape index (κ2) is 5.85. The summed E-state index contributed by atoms with van der Waals surface area (Å²) in [6.45, 7) is 1.31. The van der Waals surface area contributed by atoms with Crippen LogP contribution in [-0.4, -0.2) is 43.7 Å². The van der Waals surface area contributed by atoms with E-state index in [1.54, 1.807) is 0 Å². The Labute approximate surface area is 81.3 Å². The third kappa shape index (κ3) is 6.71. The minimum Gasteiger partial charge on any atom is -0.336 e. The number of carbonyl (C=O) groups excluding carboxylic acids is 1. The lowest BCUT2D eigenvalue weighted by Crippen LogP contribution is -2.40. The summed E-state index contributed by atoms with van der Waals surface area (Å²) in [6.07, 6.45) is -3.48. The van der Waals surface area contributed by atoms with Crippen molar-refractivity contribution in [3.63, 3.8) is 0 Å². The first-order chi connectivity index (χ1) is 6.37. The maximum Gasteiger partial charge on any atom is 0.406 e. The first kappa shape index (κ1) is 13.2. The predicted molar refractivity (Wildman–Crippen MR) is 46.9 cm³/mol. The molecular weight excluding hydrogens is 197 g/mol. The lowest BCUT2D eigenvalue weighted by Gasteiger charge is -2.18. The van der Waals surface area contributed by atoms with Gasteiger partial charge in [-0.05, 0) is 13.0 Å². The minimum absolute atomic E-state index is 0.0413. The zero-order valence-corrected chi connectivity index (χ0v) is 8.32. The summed E-state index contributed by atoms with van der Waals surface area (Å²) in [7, 11) is 1.14. The van der Waals surface area contributed by atoms with E-state index in [0.717, 1.165) is 13.5 Å². The molecular formula is C8H15F3N2O. The van der Waals surface area contributed by atoms with E-state index >= 15 is 0 Å². The van der Waals surface area contributed by atoms with Crippen LogP contribution in [0.1, 0.15) is 13.3 Å². The van der Waals surface area contributed by atoms with E-state index in [1.165, 1.54) is 0 Å². The number of alkyl halides is 3. The Morgan fingerprint density at radius 2 is 2.00 bits per heavy atom. The molecule has 0 radical (unpaired) electrons. The number of hydrogen-bond acceptors (Lipinski definition) is 2. The van der Waals surface area contributed by atoms with Crippen LogP contribution in [0.5, 0.6) is 0 Å². The van der Waals surface area contributed by atoms with E-state index in [0.29, 0.717) is 11.4 Å². The SMILES string of the molecule is CCCNCC(=O)N(C)CC(F)(F)F. The number of likely N-dealkylation sites (N-methyl/N-ethyl adjacent to an activating group) is 1. The Morgan fingerprint density at radius 3 is 2.43 bits per heavy atom. The van der Waals surface area contributed by atoms with Gasteiger partial charge in [-0.1, -0.05) is 6.92 Å². The summed E-state index contributed by atoms with van der Waals surface area (Å²) < 4.78 is 35.5. The number of amides is 1. The van der Waals surface area contributed by atoms with Crippen molar-refractivity contribution < 1.29 is 18.0 Å². The molecule has 0 aliphatic carbocycles. The molecule has 1 amide bonds. The smallest absolute Gasteiger partial charge is 0.336 e. The zero-order valence-electron chi connectivity index (χ0n) is 8.32. The Balaban J connectivity index is 3.77. The highest BCUT2D eigenvalue weighted by molar-refractivity contribution is 5.77. The quantitative estimate of drug-likeness (QED) is 0.690. The summed E-state index contributed by atoms with van der Waals surface area (Å²) in [6, 6.07) is 0. The Morgan fingerprint density at radius 1 is 1.43 bits per heavy atom. The molecule has 0 rings (SSSR count). The molecule has 0 saturated heterocycles. The highest BCUT2D eigenvalue weighted by Crippen LogP contribution is 2.15. The first-order valence-electron chi connectivity index (χ1n) is 4.38. The van der Waals surface area contributed by atoms with Crippen molar-refractivity contribution in [2.45, 2.75) is 19.5 Å². The standard InChI is InChI=1S/C8H15F3N2O/c1-3-4-12-5-7(14)13(2)6-8(9,10)11/h12H,3-6H2,1-2H3. The fraction of sp³-hybridized carbons (Fsp3) is 0.875. The van der Waals surface area contributed by atoms with Gasteiger partial charge in [0.05, 0.1) is 6.54 Å². The second-order valence-electron chi connectivity index (χ2n) is 3.04. The molecule has 0 bridgehead atoms. The van der Waals surface area contributed by atoms with Crippen molar-refractivity contribution in [1.82, 2.24) is 10.2 Å². The maximum atomic E-state index is 11.8. The second-order valence-corrected chi connectivity index (χ2v) is 3.04. The van der Waals surface area contributed by atoms with Crippen LogP contribution < -0.4 is 5.32 Å². The van der Waals surface area contributed by atoms with E-state index in [-0.39, 0.29) is 6.54 Å². The van der Waals surface area contributed by atoms with Crippen LogP contribution in [-0.2, 0) is 4.79 Å². The Hall–Kier alpha value is -0.780. The highest BCUT2D eigenvalue weighted by atomic mass is 19.4. The average molecular weight is 212 g/mol. The summed E-state index contributed by atoms with van der Waals surface area (Å²) >= 11 is 0. The molecule has 0 atom stereocenters. The van der Waals surface area contributed by atoms with Gasteiger partial charge in [0.2, 0.25) is 5.91 Å². The van der Waals surface area contributed by atoms with Crippen molar-refractivity contribution in [2.75, 3.05) is 26.7 Å². The minimum atomic E-state index is -4.32. The molecule has 0 spiro atoms. The summed E-state index contributed by atoms with van der Waals surface area (Å²) in [5, 5.41) is 2.74. The van der Waals surface area contributed by atoms with Gasteiger partial charge in [-0.25, -0.2) is 0 Å². The van der Waals surface area contributed by atoms with E-state index in [2.05, 4.69) is 5.32 Å². The van der Waals surface area contributed by atoms with Gasteiger partial charge in [-0.15, -0.1) is 0 Å². The number of nitrogens with one attached hydrogen (secondary N) is 1. The van der Waals surface area contributed by atoms with E-state index in [4.69, 9.17) is 0 Å². The van der Waals surface area contributed by atoms with Crippen molar-refractivity contribution in [2.24, 2.45) is 0 Å². The molecule has 0 aromatic carbocycles. The van der Waals surface area contributed by atoms with Gasteiger partial charge in [-0.2, -0.15) is 13.2 Å². The van der Waals surface area contributed by atoms with Crippen molar-refractivity contribution in [1.29, 1.82) is 0 Å². The van der Waals surface area contributed by atoms with Crippen LogP contribution in [0.15, 0.2) is 0 Å². The maximum absolute atomic E-state index is 11.8. The van der Waals surface area contributed by atoms with Gasteiger partial charge >= 0.3 is 6.18 Å². The lowest BCUT2D eigenvalue weighted by atomic mass is 10.4. The van der Waals surface area contributed by atoms with Crippen molar-refractivity contribution in [3.8, 4) is 0 Å². The molecule has 6 heteroatoms. The van der Waals surface area contributed by atoms with Gasteiger partial charge in [0.15, 0.2) is 0 Å².